The highest BCUT2D eigenvalue weighted by molar-refractivity contribution is 5.95. The van der Waals surface area contributed by atoms with E-state index in [4.69, 9.17) is 4.74 Å². The van der Waals surface area contributed by atoms with Crippen LogP contribution in [0.1, 0.15) is 32.7 Å². The summed E-state index contributed by atoms with van der Waals surface area (Å²) in [5.74, 6) is -0.401. The molecule has 7 nitrogen and oxygen atoms in total. The number of rotatable bonds is 7. The summed E-state index contributed by atoms with van der Waals surface area (Å²) in [5, 5.41) is 1.09. The summed E-state index contributed by atoms with van der Waals surface area (Å²) in [5.41, 5.74) is 3.63. The molecule has 0 unspecified atom stereocenters. The molecule has 1 fully saturated rings. The molecule has 0 spiro atoms. The number of benzene rings is 2. The fourth-order valence-corrected chi connectivity index (χ4v) is 6.19. The monoisotopic (exact) mass is 577 g/mol. The molecule has 220 valence electrons. The molecular formula is C32H34F3N5O2. The van der Waals surface area contributed by atoms with Crippen molar-refractivity contribution in [3.05, 3.63) is 94.9 Å². The Balaban J connectivity index is 1.22. The van der Waals surface area contributed by atoms with E-state index in [1.54, 1.807) is 4.90 Å². The zero-order valence-electron chi connectivity index (χ0n) is 23.5. The van der Waals surface area contributed by atoms with Crippen LogP contribution in [-0.4, -0.2) is 83.0 Å². The maximum Gasteiger partial charge on any atom is 0.416 e. The molecule has 2 aliphatic rings. The van der Waals surface area contributed by atoms with Gasteiger partial charge in [-0.1, -0.05) is 24.3 Å². The van der Waals surface area contributed by atoms with Crippen molar-refractivity contribution in [3.63, 3.8) is 0 Å². The number of pyridine rings is 1. The minimum absolute atomic E-state index is 0.0123. The Hall–Kier alpha value is -3.89. The van der Waals surface area contributed by atoms with Crippen molar-refractivity contribution in [2.75, 3.05) is 46.4 Å². The Kier molecular flexibility index (Phi) is 7.92. The van der Waals surface area contributed by atoms with Crippen molar-refractivity contribution in [2.24, 2.45) is 0 Å². The first-order valence-corrected chi connectivity index (χ1v) is 14.3. The Bertz CT molecular complexity index is 1570. The van der Waals surface area contributed by atoms with Crippen LogP contribution in [0.4, 0.5) is 13.2 Å². The quantitative estimate of drug-likeness (QED) is 0.334. The Morgan fingerprint density at radius 2 is 1.88 bits per heavy atom. The first-order valence-electron chi connectivity index (χ1n) is 14.3. The van der Waals surface area contributed by atoms with E-state index >= 15 is 0 Å². The number of fused-ring (bicyclic) bond motifs is 2. The molecule has 1 amide bonds. The molecule has 42 heavy (non-hydrogen) atoms. The van der Waals surface area contributed by atoms with E-state index in [-0.39, 0.29) is 17.4 Å². The number of methoxy groups -OCH3 is 1. The second-order valence-corrected chi connectivity index (χ2v) is 11.1. The molecule has 1 saturated heterocycles. The van der Waals surface area contributed by atoms with Gasteiger partial charge in [0, 0.05) is 92.8 Å². The van der Waals surface area contributed by atoms with Crippen molar-refractivity contribution in [1.82, 2.24) is 24.7 Å². The number of hydrogen-bond acceptors (Lipinski definition) is 5. The molecule has 0 bridgehead atoms. The van der Waals surface area contributed by atoms with E-state index in [9.17, 15) is 18.0 Å². The predicted octanol–water partition coefficient (Wildman–Crippen LogP) is 5.02. The van der Waals surface area contributed by atoms with E-state index in [1.807, 2.05) is 36.7 Å². The van der Waals surface area contributed by atoms with E-state index < -0.39 is 17.6 Å². The topological polar surface area (TPSA) is 64.7 Å². The molecule has 0 saturated carbocycles. The summed E-state index contributed by atoms with van der Waals surface area (Å²) >= 11 is 0. The van der Waals surface area contributed by atoms with Crippen molar-refractivity contribution in [1.29, 1.82) is 0 Å². The van der Waals surface area contributed by atoms with Crippen LogP contribution in [0, 0.1) is 0 Å². The van der Waals surface area contributed by atoms with Gasteiger partial charge < -0.3 is 14.6 Å². The minimum atomic E-state index is -4.59. The van der Waals surface area contributed by atoms with Crippen molar-refractivity contribution in [2.45, 2.75) is 31.6 Å². The van der Waals surface area contributed by atoms with Gasteiger partial charge in [0.25, 0.3) is 5.91 Å². The Morgan fingerprint density at radius 1 is 1.05 bits per heavy atom. The highest BCUT2D eigenvalue weighted by atomic mass is 19.4. The molecule has 4 heterocycles. The van der Waals surface area contributed by atoms with Gasteiger partial charge in [0.2, 0.25) is 0 Å². The third kappa shape index (κ3) is 6.00. The third-order valence-corrected chi connectivity index (χ3v) is 8.45. The number of nitrogens with zero attached hydrogens (tertiary/aromatic N) is 4. The molecule has 6 rings (SSSR count). The van der Waals surface area contributed by atoms with E-state index in [2.05, 4.69) is 31.9 Å². The van der Waals surface area contributed by atoms with Crippen molar-refractivity contribution in [3.8, 4) is 5.75 Å². The highest BCUT2D eigenvalue weighted by Crippen LogP contribution is 2.33. The first-order chi connectivity index (χ1) is 20.3. The summed E-state index contributed by atoms with van der Waals surface area (Å²) in [6.07, 6.45) is 0.751. The second kappa shape index (κ2) is 11.8. The Morgan fingerprint density at radius 3 is 2.71 bits per heavy atom. The van der Waals surface area contributed by atoms with Crippen LogP contribution < -0.4 is 4.74 Å². The summed E-state index contributed by atoms with van der Waals surface area (Å²) in [4.78, 5) is 28.2. The highest BCUT2D eigenvalue weighted by Gasteiger charge is 2.35. The lowest BCUT2D eigenvalue weighted by Crippen LogP contribution is -2.57. The molecule has 1 atom stereocenters. The van der Waals surface area contributed by atoms with Crippen LogP contribution in [-0.2, 0) is 25.6 Å². The molecule has 1 N–H and O–H groups in total. The first kappa shape index (κ1) is 28.2. The number of para-hydroxylation sites is 1. The number of nitrogens with one attached hydrogen (secondary N) is 1. The van der Waals surface area contributed by atoms with Crippen LogP contribution >= 0.6 is 0 Å². The number of hydrogen-bond donors (Lipinski definition) is 1. The molecule has 4 aromatic rings. The number of alkyl halides is 3. The SMILES string of the molecule is COc1cc(C(=O)N2CCN(CCN3CCc4ncccc4C3)C[C@H]2Cc2c[nH]c3ccccc23)cc(C(F)(F)F)c1. The number of carbonyl (C=O) groups excluding carboxylic acids is 1. The van der Waals surface area contributed by atoms with Gasteiger partial charge in [-0.05, 0) is 47.9 Å². The van der Waals surface area contributed by atoms with Gasteiger partial charge in [0.1, 0.15) is 5.75 Å². The summed E-state index contributed by atoms with van der Waals surface area (Å²) in [6, 6.07) is 15.2. The molecule has 0 radical (unpaired) electrons. The fourth-order valence-electron chi connectivity index (χ4n) is 6.19. The van der Waals surface area contributed by atoms with Gasteiger partial charge >= 0.3 is 6.18 Å². The molecule has 0 aliphatic carbocycles. The van der Waals surface area contributed by atoms with Gasteiger partial charge in [-0.3, -0.25) is 19.6 Å². The summed E-state index contributed by atoms with van der Waals surface area (Å²) in [6.45, 7) is 5.28. The van der Waals surface area contributed by atoms with Crippen LogP contribution in [0.5, 0.6) is 5.75 Å². The predicted molar refractivity (Wildman–Crippen MR) is 154 cm³/mol. The third-order valence-electron chi connectivity index (χ3n) is 8.45. The van der Waals surface area contributed by atoms with Crippen molar-refractivity contribution >= 4 is 16.8 Å². The van der Waals surface area contributed by atoms with Gasteiger partial charge in [0.05, 0.1) is 12.7 Å². The number of ether oxygens (including phenoxy) is 1. The molecular weight excluding hydrogens is 543 g/mol. The largest absolute Gasteiger partial charge is 0.497 e. The lowest BCUT2D eigenvalue weighted by Gasteiger charge is -2.42. The van der Waals surface area contributed by atoms with E-state index in [1.165, 1.54) is 24.4 Å². The zero-order chi connectivity index (χ0) is 29.3. The van der Waals surface area contributed by atoms with Gasteiger partial charge in [-0.25, -0.2) is 0 Å². The number of H-pyrrole nitrogens is 1. The van der Waals surface area contributed by atoms with Gasteiger partial charge in [-0.15, -0.1) is 0 Å². The second-order valence-electron chi connectivity index (χ2n) is 11.1. The Labute approximate surface area is 242 Å². The van der Waals surface area contributed by atoms with Crippen LogP contribution in [0.2, 0.25) is 0 Å². The lowest BCUT2D eigenvalue weighted by molar-refractivity contribution is -0.137. The van der Waals surface area contributed by atoms with E-state index in [0.717, 1.165) is 61.2 Å². The number of amides is 1. The number of piperazine rings is 1. The maximum atomic E-state index is 13.8. The zero-order valence-corrected chi connectivity index (χ0v) is 23.5. The standard InChI is InChI=1S/C32H34F3N5O2/c1-42-27-17-23(15-25(18-27)32(33,34)35)31(41)40-14-13-39(12-11-38-10-8-29-22(20-38)5-4-9-36-29)21-26(40)16-24-19-37-30-7-3-2-6-28(24)30/h2-7,9,15,17-19,26,37H,8,10-14,16,20-21H2,1H3/t26-/m1/s1. The van der Waals surface area contributed by atoms with Gasteiger partial charge in [0.15, 0.2) is 0 Å². The number of halogens is 3. The van der Waals surface area contributed by atoms with Crippen LogP contribution in [0.15, 0.2) is 67.0 Å². The molecule has 2 aromatic carbocycles. The normalized spacial score (nSPS) is 18.3. The number of carbonyl (C=O) groups is 1. The molecule has 2 aliphatic heterocycles. The van der Waals surface area contributed by atoms with Crippen LogP contribution in [0.25, 0.3) is 10.9 Å². The lowest BCUT2D eigenvalue weighted by atomic mass is 9.99. The smallest absolute Gasteiger partial charge is 0.416 e. The summed E-state index contributed by atoms with van der Waals surface area (Å²) in [7, 11) is 1.31. The molecule has 10 heteroatoms. The summed E-state index contributed by atoms with van der Waals surface area (Å²) < 4.78 is 46.0. The average molecular weight is 578 g/mol. The fraction of sp³-hybridized carbons (Fsp3) is 0.375. The number of aromatic nitrogens is 2. The maximum absolute atomic E-state index is 13.8. The van der Waals surface area contributed by atoms with Crippen molar-refractivity contribution < 1.29 is 22.7 Å². The number of aromatic amines is 1. The van der Waals surface area contributed by atoms with E-state index in [0.29, 0.717) is 26.1 Å². The van der Waals surface area contributed by atoms with Crippen LogP contribution in [0.3, 0.4) is 0 Å². The minimum Gasteiger partial charge on any atom is -0.497 e. The van der Waals surface area contributed by atoms with Gasteiger partial charge in [-0.2, -0.15) is 13.2 Å². The average Bonchev–Trinajstić information content (AvgIpc) is 3.41. The molecule has 2 aromatic heterocycles.